The van der Waals surface area contributed by atoms with Gasteiger partial charge in [-0.05, 0) is 35.7 Å². The molecular weight excluding hydrogens is 360 g/mol. The van der Waals surface area contributed by atoms with Crippen LogP contribution in [-0.2, 0) is 23.0 Å². The minimum Gasteiger partial charge on any atom is -0.356 e. The number of primary sulfonamides is 1. The molecule has 2 aromatic rings. The van der Waals surface area contributed by atoms with Crippen LogP contribution in [0.4, 0.5) is 0 Å². The van der Waals surface area contributed by atoms with Crippen LogP contribution in [0, 0.1) is 0 Å². The van der Waals surface area contributed by atoms with Crippen molar-refractivity contribution in [3.05, 3.63) is 64.7 Å². The highest BCUT2D eigenvalue weighted by Crippen LogP contribution is 2.14. The van der Waals surface area contributed by atoms with Crippen molar-refractivity contribution in [2.24, 2.45) is 10.1 Å². The van der Waals surface area contributed by atoms with Crippen LogP contribution in [0.2, 0.25) is 5.02 Å². The van der Waals surface area contributed by atoms with Crippen molar-refractivity contribution in [1.29, 1.82) is 0 Å². The van der Waals surface area contributed by atoms with Gasteiger partial charge in [-0.1, -0.05) is 41.9 Å². The maximum Gasteiger partial charge on any atom is 0.238 e. The quantitative estimate of drug-likeness (QED) is 0.526. The molecule has 0 aromatic heterocycles. The first kappa shape index (κ1) is 19.2. The number of hydrogen-bond acceptors (Lipinski definition) is 3. The number of benzene rings is 2. The number of hydrogen-bond donors (Lipinski definition) is 3. The largest absolute Gasteiger partial charge is 0.356 e. The molecule has 4 N–H and O–H groups in total. The highest BCUT2D eigenvalue weighted by molar-refractivity contribution is 7.89. The van der Waals surface area contributed by atoms with Gasteiger partial charge < -0.3 is 10.6 Å². The Kier molecular flexibility index (Phi) is 6.81. The third-order valence-corrected chi connectivity index (χ3v) is 4.88. The van der Waals surface area contributed by atoms with E-state index in [1.807, 2.05) is 24.3 Å². The van der Waals surface area contributed by atoms with Crippen LogP contribution in [0.25, 0.3) is 0 Å². The zero-order valence-electron chi connectivity index (χ0n) is 13.9. The van der Waals surface area contributed by atoms with Gasteiger partial charge in [0.1, 0.15) is 0 Å². The summed E-state index contributed by atoms with van der Waals surface area (Å²) in [7, 11) is -1.95. The minimum atomic E-state index is -3.65. The fourth-order valence-corrected chi connectivity index (χ4v) is 2.93. The molecule has 0 spiro atoms. The molecule has 0 aliphatic carbocycles. The highest BCUT2D eigenvalue weighted by Gasteiger charge is 2.07. The van der Waals surface area contributed by atoms with Gasteiger partial charge in [0.2, 0.25) is 10.0 Å². The minimum absolute atomic E-state index is 0.112. The second kappa shape index (κ2) is 8.84. The van der Waals surface area contributed by atoms with Gasteiger partial charge in [-0.3, -0.25) is 4.99 Å². The molecule has 2 rings (SSSR count). The van der Waals surface area contributed by atoms with E-state index in [1.165, 1.54) is 12.1 Å². The molecule has 0 unspecified atom stereocenters. The number of nitrogens with zero attached hydrogens (tertiary/aromatic N) is 1. The predicted molar refractivity (Wildman–Crippen MR) is 101 cm³/mol. The molecule has 0 aliphatic heterocycles. The topological polar surface area (TPSA) is 96.6 Å². The van der Waals surface area contributed by atoms with E-state index < -0.39 is 10.0 Å². The molecule has 0 radical (unpaired) electrons. The van der Waals surface area contributed by atoms with Crippen molar-refractivity contribution in [3.63, 3.8) is 0 Å². The van der Waals surface area contributed by atoms with Crippen molar-refractivity contribution in [1.82, 2.24) is 10.6 Å². The standard InChI is InChI=1S/C17H21ClN4O2S/c1-20-17(22-12-14-4-2-3-5-16(14)18)21-11-10-13-6-8-15(9-7-13)25(19,23)24/h2-9H,10-12H2,1H3,(H2,19,23,24)(H2,20,21,22). The highest BCUT2D eigenvalue weighted by atomic mass is 35.5. The lowest BCUT2D eigenvalue weighted by Crippen LogP contribution is -2.37. The predicted octanol–water partition coefficient (Wildman–Crippen LogP) is 1.90. The lowest BCUT2D eigenvalue weighted by molar-refractivity contribution is 0.598. The average Bonchev–Trinajstić information content (AvgIpc) is 2.59. The van der Waals surface area contributed by atoms with E-state index in [9.17, 15) is 8.42 Å². The maximum absolute atomic E-state index is 11.2. The Balaban J connectivity index is 1.82. The van der Waals surface area contributed by atoms with Crippen LogP contribution in [-0.4, -0.2) is 28.0 Å². The molecule has 6 nitrogen and oxygen atoms in total. The van der Waals surface area contributed by atoms with Gasteiger partial charge in [-0.2, -0.15) is 0 Å². The van der Waals surface area contributed by atoms with Crippen molar-refractivity contribution in [3.8, 4) is 0 Å². The van der Waals surface area contributed by atoms with Gasteiger partial charge >= 0.3 is 0 Å². The maximum atomic E-state index is 11.2. The normalized spacial score (nSPS) is 12.0. The monoisotopic (exact) mass is 380 g/mol. The van der Waals surface area contributed by atoms with Crippen molar-refractivity contribution >= 4 is 27.6 Å². The van der Waals surface area contributed by atoms with Gasteiger partial charge in [0.15, 0.2) is 5.96 Å². The summed E-state index contributed by atoms with van der Waals surface area (Å²) in [6.45, 7) is 1.22. The first-order chi connectivity index (χ1) is 11.9. The smallest absolute Gasteiger partial charge is 0.238 e. The van der Waals surface area contributed by atoms with E-state index in [0.717, 1.165) is 17.5 Å². The van der Waals surface area contributed by atoms with Crippen molar-refractivity contribution < 1.29 is 8.42 Å². The number of aliphatic imine (C=N–C) groups is 1. The molecule has 0 aliphatic rings. The van der Waals surface area contributed by atoms with E-state index in [1.54, 1.807) is 19.2 Å². The molecule has 0 heterocycles. The summed E-state index contributed by atoms with van der Waals surface area (Å²) in [5.74, 6) is 0.668. The van der Waals surface area contributed by atoms with Gasteiger partial charge in [-0.25, -0.2) is 13.6 Å². The second-order valence-electron chi connectivity index (χ2n) is 5.38. The molecule has 0 saturated carbocycles. The van der Waals surface area contributed by atoms with Crippen LogP contribution in [0.5, 0.6) is 0 Å². The van der Waals surface area contributed by atoms with E-state index in [-0.39, 0.29) is 4.90 Å². The van der Waals surface area contributed by atoms with Crippen LogP contribution in [0.3, 0.4) is 0 Å². The first-order valence-electron chi connectivity index (χ1n) is 7.70. The summed E-state index contributed by atoms with van der Waals surface area (Å²) in [5, 5.41) is 12.2. The zero-order chi connectivity index (χ0) is 18.3. The zero-order valence-corrected chi connectivity index (χ0v) is 15.4. The number of nitrogens with one attached hydrogen (secondary N) is 2. The molecule has 8 heteroatoms. The summed E-state index contributed by atoms with van der Waals surface area (Å²) < 4.78 is 22.5. The fraction of sp³-hybridized carbons (Fsp3) is 0.235. The van der Waals surface area contributed by atoms with Gasteiger partial charge in [0.25, 0.3) is 0 Å². The Morgan fingerprint density at radius 2 is 1.80 bits per heavy atom. The molecule has 0 fully saturated rings. The molecule has 0 atom stereocenters. The lowest BCUT2D eigenvalue weighted by atomic mass is 10.1. The van der Waals surface area contributed by atoms with Crippen LogP contribution in [0.1, 0.15) is 11.1 Å². The van der Waals surface area contributed by atoms with Gasteiger partial charge in [-0.15, -0.1) is 0 Å². The molecular formula is C17H21ClN4O2S. The molecule has 0 saturated heterocycles. The number of nitrogens with two attached hydrogens (primary N) is 1. The average molecular weight is 381 g/mol. The van der Waals surface area contributed by atoms with Crippen molar-refractivity contribution in [2.45, 2.75) is 17.9 Å². The van der Waals surface area contributed by atoms with Gasteiger partial charge in [0.05, 0.1) is 4.90 Å². The number of halogens is 1. The number of rotatable bonds is 6. The lowest BCUT2D eigenvalue weighted by Gasteiger charge is -2.12. The Hall–Kier alpha value is -2.09. The van der Waals surface area contributed by atoms with Crippen molar-refractivity contribution in [2.75, 3.05) is 13.6 Å². The Labute approximate surface area is 153 Å². The summed E-state index contributed by atoms with van der Waals surface area (Å²) in [4.78, 5) is 4.28. The third kappa shape index (κ3) is 6.04. The molecule has 25 heavy (non-hydrogen) atoms. The third-order valence-electron chi connectivity index (χ3n) is 3.59. The fourth-order valence-electron chi connectivity index (χ4n) is 2.21. The van der Waals surface area contributed by atoms with Crippen LogP contribution >= 0.6 is 11.6 Å². The van der Waals surface area contributed by atoms with E-state index in [2.05, 4.69) is 15.6 Å². The van der Waals surface area contributed by atoms with Crippen LogP contribution < -0.4 is 15.8 Å². The summed E-state index contributed by atoms with van der Waals surface area (Å²) >= 11 is 6.13. The number of guanidine groups is 1. The molecule has 0 amide bonds. The molecule has 134 valence electrons. The molecule has 2 aromatic carbocycles. The van der Waals surface area contributed by atoms with E-state index in [4.69, 9.17) is 16.7 Å². The van der Waals surface area contributed by atoms with E-state index >= 15 is 0 Å². The Morgan fingerprint density at radius 1 is 1.12 bits per heavy atom. The SMILES string of the molecule is CN=C(NCCc1ccc(S(N)(=O)=O)cc1)NCc1ccccc1Cl. The Morgan fingerprint density at radius 3 is 2.40 bits per heavy atom. The number of sulfonamides is 1. The van der Waals surface area contributed by atoms with Gasteiger partial charge in [0, 0.05) is 25.2 Å². The van der Waals surface area contributed by atoms with Crippen LogP contribution in [0.15, 0.2) is 58.4 Å². The summed E-state index contributed by atoms with van der Waals surface area (Å²) in [6.07, 6.45) is 0.720. The Bertz CT molecular complexity index is 836. The first-order valence-corrected chi connectivity index (χ1v) is 9.62. The second-order valence-corrected chi connectivity index (χ2v) is 7.35. The summed E-state index contributed by atoms with van der Waals surface area (Å²) in [5.41, 5.74) is 1.99. The summed E-state index contributed by atoms with van der Waals surface area (Å²) in [6, 6.07) is 14.1. The molecule has 0 bridgehead atoms. The van der Waals surface area contributed by atoms with E-state index in [0.29, 0.717) is 24.1 Å².